The highest BCUT2D eigenvalue weighted by Crippen LogP contribution is 2.13. The van der Waals surface area contributed by atoms with Crippen LogP contribution in [-0.4, -0.2) is 24.0 Å². The molecule has 0 heterocycles. The molecule has 14 heavy (non-hydrogen) atoms. The lowest BCUT2D eigenvalue weighted by Crippen LogP contribution is -2.29. The van der Waals surface area contributed by atoms with E-state index in [9.17, 15) is 18.0 Å². The van der Waals surface area contributed by atoms with Crippen molar-refractivity contribution in [1.29, 1.82) is 0 Å². The highest BCUT2D eigenvalue weighted by molar-refractivity contribution is 9.09. The Morgan fingerprint density at radius 1 is 1.36 bits per heavy atom. The molecule has 0 saturated heterocycles. The second kappa shape index (κ2) is 7.05. The third-order valence-electron chi connectivity index (χ3n) is 1.21. The van der Waals surface area contributed by atoms with Crippen molar-refractivity contribution in [3.05, 3.63) is 0 Å². The maximum Gasteiger partial charge on any atom is 0.414 e. The van der Waals surface area contributed by atoms with E-state index in [1.165, 1.54) is 0 Å². The molecule has 0 aliphatic carbocycles. The molecule has 0 radical (unpaired) electrons. The topological polar surface area (TPSA) is 38.3 Å². The minimum Gasteiger partial charge on any atom is -0.273 e. The van der Waals surface area contributed by atoms with Crippen molar-refractivity contribution in [2.45, 2.75) is 25.4 Å². The fourth-order valence-electron chi connectivity index (χ4n) is 0.629. The Labute approximate surface area is 88.1 Å². The van der Waals surface area contributed by atoms with Crippen LogP contribution < -0.4 is 5.48 Å². The van der Waals surface area contributed by atoms with Gasteiger partial charge < -0.3 is 0 Å². The number of carbonyl (C=O) groups excluding carboxylic acids is 1. The fraction of sp³-hybridized carbons (Fsp3) is 0.857. The van der Waals surface area contributed by atoms with Crippen molar-refractivity contribution in [3.63, 3.8) is 0 Å². The third-order valence-corrected chi connectivity index (χ3v) is 1.77. The molecule has 0 saturated carbocycles. The zero-order valence-electron chi connectivity index (χ0n) is 7.36. The zero-order chi connectivity index (χ0) is 11.0. The lowest BCUT2D eigenvalue weighted by molar-refractivity contribution is -0.191. The molecule has 0 rings (SSSR count). The molecule has 0 unspecified atom stereocenters. The molecule has 0 aliphatic heterocycles. The van der Waals surface area contributed by atoms with Crippen molar-refractivity contribution in [1.82, 2.24) is 5.48 Å². The van der Waals surface area contributed by atoms with Gasteiger partial charge in [-0.25, -0.2) is 5.48 Å². The molecular weight excluding hydrogens is 267 g/mol. The number of amides is 1. The number of nitrogens with one attached hydrogen (secondary N) is 1. The van der Waals surface area contributed by atoms with Crippen LogP contribution in [0.4, 0.5) is 13.2 Å². The zero-order valence-corrected chi connectivity index (χ0v) is 8.95. The van der Waals surface area contributed by atoms with Gasteiger partial charge in [-0.2, -0.15) is 13.2 Å². The number of unbranched alkanes of at least 4 members (excludes halogenated alkanes) is 1. The third kappa shape index (κ3) is 9.79. The number of rotatable bonds is 6. The summed E-state index contributed by atoms with van der Waals surface area (Å²) in [7, 11) is 0. The number of hydroxylamine groups is 1. The van der Waals surface area contributed by atoms with E-state index in [2.05, 4.69) is 20.8 Å². The van der Waals surface area contributed by atoms with Crippen LogP contribution in [0.2, 0.25) is 0 Å². The van der Waals surface area contributed by atoms with Crippen molar-refractivity contribution < 1.29 is 22.8 Å². The van der Waals surface area contributed by atoms with E-state index in [1.54, 1.807) is 5.48 Å². The molecule has 0 bridgehead atoms. The lowest BCUT2D eigenvalue weighted by Gasteiger charge is -2.07. The molecule has 1 amide bonds. The molecule has 7 heteroatoms. The number of hydrogen-bond acceptors (Lipinski definition) is 2. The maximum absolute atomic E-state index is 11.5. The summed E-state index contributed by atoms with van der Waals surface area (Å²) in [5.41, 5.74) is 1.72. The van der Waals surface area contributed by atoms with Crippen LogP contribution in [0, 0.1) is 0 Å². The van der Waals surface area contributed by atoms with E-state index >= 15 is 0 Å². The first-order chi connectivity index (χ1) is 6.45. The molecule has 3 nitrogen and oxygen atoms in total. The van der Waals surface area contributed by atoms with Crippen molar-refractivity contribution in [2.24, 2.45) is 0 Å². The van der Waals surface area contributed by atoms with E-state index in [1.807, 2.05) is 0 Å². The fourth-order valence-corrected chi connectivity index (χ4v) is 1.03. The van der Waals surface area contributed by atoms with Crippen LogP contribution in [0.15, 0.2) is 0 Å². The van der Waals surface area contributed by atoms with E-state index in [0.717, 1.165) is 11.8 Å². The quantitative estimate of drug-likeness (QED) is 0.459. The summed E-state index contributed by atoms with van der Waals surface area (Å²) in [6.45, 7) is -1.46. The first-order valence-electron chi connectivity index (χ1n) is 3.99. The number of hydrogen-bond donors (Lipinski definition) is 1. The Kier molecular flexibility index (Phi) is 6.90. The van der Waals surface area contributed by atoms with Gasteiger partial charge in [0.2, 0.25) is 5.91 Å². The van der Waals surface area contributed by atoms with E-state index in [0.29, 0.717) is 6.42 Å². The molecule has 1 N–H and O–H groups in total. The number of alkyl halides is 4. The van der Waals surface area contributed by atoms with Crippen LogP contribution in [-0.2, 0) is 9.63 Å². The Morgan fingerprint density at radius 2 is 2.00 bits per heavy atom. The van der Waals surface area contributed by atoms with Gasteiger partial charge >= 0.3 is 6.18 Å². The van der Waals surface area contributed by atoms with Gasteiger partial charge in [0.1, 0.15) is 0 Å². The summed E-state index contributed by atoms with van der Waals surface area (Å²) < 4.78 is 34.6. The second-order valence-corrected chi connectivity index (χ2v) is 3.37. The molecule has 84 valence electrons. The minimum atomic E-state index is -4.41. The molecule has 0 atom stereocenters. The maximum atomic E-state index is 11.5. The van der Waals surface area contributed by atoms with Crippen molar-refractivity contribution in [2.75, 3.05) is 11.9 Å². The van der Waals surface area contributed by atoms with Gasteiger partial charge in [-0.05, 0) is 12.8 Å². The van der Waals surface area contributed by atoms with E-state index in [-0.39, 0.29) is 6.42 Å². The Morgan fingerprint density at radius 3 is 2.50 bits per heavy atom. The summed E-state index contributed by atoms with van der Waals surface area (Å²) in [4.78, 5) is 14.7. The van der Waals surface area contributed by atoms with Gasteiger partial charge in [0, 0.05) is 11.8 Å². The summed E-state index contributed by atoms with van der Waals surface area (Å²) in [5.74, 6) is -0.532. The summed E-state index contributed by atoms with van der Waals surface area (Å²) in [5, 5.41) is 0.768. The summed E-state index contributed by atoms with van der Waals surface area (Å²) in [6.07, 6.45) is -2.83. The number of carbonyl (C=O) groups is 1. The van der Waals surface area contributed by atoms with Crippen LogP contribution in [0.3, 0.4) is 0 Å². The monoisotopic (exact) mass is 277 g/mol. The molecule has 0 aromatic rings. The molecule has 0 aromatic carbocycles. The average molecular weight is 278 g/mol. The SMILES string of the molecule is O=C(CCCCBr)NOCC(F)(F)F. The van der Waals surface area contributed by atoms with Gasteiger partial charge in [-0.1, -0.05) is 15.9 Å². The van der Waals surface area contributed by atoms with Gasteiger partial charge in [0.05, 0.1) is 0 Å². The van der Waals surface area contributed by atoms with Crippen molar-refractivity contribution in [3.8, 4) is 0 Å². The summed E-state index contributed by atoms with van der Waals surface area (Å²) >= 11 is 3.17. The lowest BCUT2D eigenvalue weighted by atomic mass is 10.2. The summed E-state index contributed by atoms with van der Waals surface area (Å²) in [6, 6.07) is 0. The smallest absolute Gasteiger partial charge is 0.273 e. The molecule has 0 aliphatic rings. The molecule has 0 fully saturated rings. The molecule has 0 aromatic heterocycles. The second-order valence-electron chi connectivity index (χ2n) is 2.58. The van der Waals surface area contributed by atoms with Crippen LogP contribution in [0.5, 0.6) is 0 Å². The highest BCUT2D eigenvalue weighted by atomic mass is 79.9. The minimum absolute atomic E-state index is 0.170. The van der Waals surface area contributed by atoms with Crippen molar-refractivity contribution >= 4 is 21.8 Å². The predicted octanol–water partition coefficient (Wildman–Crippen LogP) is 2.16. The Balaban J connectivity index is 3.36. The first kappa shape index (κ1) is 13.7. The van der Waals surface area contributed by atoms with Gasteiger partial charge in [0.25, 0.3) is 0 Å². The highest BCUT2D eigenvalue weighted by Gasteiger charge is 2.28. The molecule has 0 spiro atoms. The van der Waals surface area contributed by atoms with Crippen LogP contribution >= 0.6 is 15.9 Å². The normalized spacial score (nSPS) is 11.4. The standard InChI is InChI=1S/C7H11BrF3NO2/c8-4-2-1-3-6(13)12-14-5-7(9,10)11/h1-5H2,(H,12,13). The largest absolute Gasteiger partial charge is 0.414 e. The average Bonchev–Trinajstić information content (AvgIpc) is 2.02. The van der Waals surface area contributed by atoms with Crippen LogP contribution in [0.25, 0.3) is 0 Å². The van der Waals surface area contributed by atoms with Gasteiger partial charge in [-0.3, -0.25) is 9.63 Å². The Bertz CT molecular complexity index is 175. The van der Waals surface area contributed by atoms with Gasteiger partial charge in [-0.15, -0.1) is 0 Å². The van der Waals surface area contributed by atoms with Crippen LogP contribution in [0.1, 0.15) is 19.3 Å². The first-order valence-corrected chi connectivity index (χ1v) is 5.11. The van der Waals surface area contributed by atoms with E-state index < -0.39 is 18.7 Å². The molecular formula is C7H11BrF3NO2. The Hall–Kier alpha value is -0.300. The van der Waals surface area contributed by atoms with Gasteiger partial charge in [0.15, 0.2) is 6.61 Å². The number of halogens is 4. The van der Waals surface area contributed by atoms with E-state index in [4.69, 9.17) is 0 Å². The predicted molar refractivity (Wildman–Crippen MR) is 47.8 cm³/mol.